The Balaban J connectivity index is 1.99. The molecule has 0 aliphatic heterocycles. The Labute approximate surface area is 142 Å². The highest BCUT2D eigenvalue weighted by Crippen LogP contribution is 2.30. The fourth-order valence-electron chi connectivity index (χ4n) is 2.52. The number of halogens is 1. The molecule has 0 radical (unpaired) electrons. The predicted molar refractivity (Wildman–Crippen MR) is 96.4 cm³/mol. The van der Waals surface area contributed by atoms with Crippen LogP contribution < -0.4 is 5.32 Å². The lowest BCUT2D eigenvalue weighted by atomic mass is 9.94. The van der Waals surface area contributed by atoms with Crippen LogP contribution in [0.2, 0.25) is 5.02 Å². The van der Waals surface area contributed by atoms with E-state index in [0.717, 1.165) is 10.9 Å². The van der Waals surface area contributed by atoms with Gasteiger partial charge in [0.2, 0.25) is 0 Å². The molecular weight excluding hydrogens is 314 g/mol. The van der Waals surface area contributed by atoms with Gasteiger partial charge >= 0.3 is 0 Å². The molecule has 1 N–H and O–H groups in total. The Hall–Kier alpha value is -1.13. The first-order valence-corrected chi connectivity index (χ1v) is 9.32. The number of pyridine rings is 1. The van der Waals surface area contributed by atoms with Crippen molar-refractivity contribution in [2.24, 2.45) is 0 Å². The molecule has 0 aliphatic carbocycles. The number of rotatable bonds is 9. The van der Waals surface area contributed by atoms with Gasteiger partial charge in [-0.25, -0.2) is 9.97 Å². The Kier molecular flexibility index (Phi) is 7.13. The summed E-state index contributed by atoms with van der Waals surface area (Å²) in [7, 11) is 0. The zero-order valence-corrected chi connectivity index (χ0v) is 14.9. The van der Waals surface area contributed by atoms with E-state index in [1.54, 1.807) is 17.5 Å². The minimum atomic E-state index is 0.585. The lowest BCUT2D eigenvalue weighted by Crippen LogP contribution is -2.00. The molecule has 2 rings (SSSR count). The molecule has 5 heteroatoms. The van der Waals surface area contributed by atoms with E-state index >= 15 is 0 Å². The van der Waals surface area contributed by atoms with Gasteiger partial charge in [-0.05, 0) is 25.0 Å². The molecule has 0 aromatic carbocycles. The Morgan fingerprint density at radius 2 is 2.05 bits per heavy atom. The van der Waals surface area contributed by atoms with E-state index in [2.05, 4.69) is 29.5 Å². The van der Waals surface area contributed by atoms with Crippen molar-refractivity contribution < 1.29 is 0 Å². The molecular formula is C17H24ClN3S. The van der Waals surface area contributed by atoms with Gasteiger partial charge in [0, 0.05) is 17.5 Å². The monoisotopic (exact) mass is 337 g/mol. The highest BCUT2D eigenvalue weighted by Gasteiger charge is 2.14. The SMILES string of the molecule is CCCCCC(CCC)c1csc(Nc2ccc(Cl)cn2)n1. The number of thiazole rings is 1. The lowest BCUT2D eigenvalue weighted by molar-refractivity contribution is 0.521. The quantitative estimate of drug-likeness (QED) is 0.538. The van der Waals surface area contributed by atoms with Gasteiger partial charge in [0.05, 0.1) is 10.7 Å². The van der Waals surface area contributed by atoms with Crippen LogP contribution in [0.25, 0.3) is 0 Å². The third-order valence-electron chi connectivity index (χ3n) is 3.70. The van der Waals surface area contributed by atoms with Crippen LogP contribution in [-0.4, -0.2) is 9.97 Å². The summed E-state index contributed by atoms with van der Waals surface area (Å²) in [5.74, 6) is 1.37. The maximum Gasteiger partial charge on any atom is 0.188 e. The molecule has 2 aromatic rings. The van der Waals surface area contributed by atoms with Gasteiger partial charge in [-0.2, -0.15) is 0 Å². The zero-order chi connectivity index (χ0) is 15.8. The van der Waals surface area contributed by atoms with Crippen molar-refractivity contribution in [2.45, 2.75) is 58.3 Å². The summed E-state index contributed by atoms with van der Waals surface area (Å²) in [5.41, 5.74) is 1.22. The number of hydrogen-bond donors (Lipinski definition) is 1. The van der Waals surface area contributed by atoms with Crippen LogP contribution in [0.3, 0.4) is 0 Å². The molecule has 22 heavy (non-hydrogen) atoms. The number of hydrogen-bond acceptors (Lipinski definition) is 4. The van der Waals surface area contributed by atoms with Crippen LogP contribution in [0.1, 0.15) is 64.0 Å². The van der Waals surface area contributed by atoms with E-state index in [9.17, 15) is 0 Å². The standard InChI is InChI=1S/C17H24ClN3S/c1-3-5-6-8-13(7-4-2)15-12-22-17(20-15)21-16-10-9-14(18)11-19-16/h9-13H,3-8H2,1-2H3,(H,19,20,21). The maximum atomic E-state index is 5.85. The fourth-order valence-corrected chi connectivity index (χ4v) is 3.43. The zero-order valence-electron chi connectivity index (χ0n) is 13.3. The molecule has 120 valence electrons. The van der Waals surface area contributed by atoms with E-state index in [4.69, 9.17) is 16.6 Å². The number of aromatic nitrogens is 2. The summed E-state index contributed by atoms with van der Waals surface area (Å²) >= 11 is 7.50. The second kappa shape index (κ2) is 9.11. The number of nitrogens with one attached hydrogen (secondary N) is 1. The van der Waals surface area contributed by atoms with Gasteiger partial charge in [-0.15, -0.1) is 11.3 Å². The number of anilines is 2. The highest BCUT2D eigenvalue weighted by atomic mass is 35.5. The summed E-state index contributed by atoms with van der Waals surface area (Å²) in [6.07, 6.45) is 9.17. The lowest BCUT2D eigenvalue weighted by Gasteiger charge is -2.13. The third-order valence-corrected chi connectivity index (χ3v) is 4.70. The topological polar surface area (TPSA) is 37.8 Å². The van der Waals surface area contributed by atoms with Gasteiger partial charge < -0.3 is 5.32 Å². The average Bonchev–Trinajstić information content (AvgIpc) is 2.97. The van der Waals surface area contributed by atoms with Crippen molar-refractivity contribution in [3.63, 3.8) is 0 Å². The van der Waals surface area contributed by atoms with Crippen LogP contribution in [0.15, 0.2) is 23.7 Å². The van der Waals surface area contributed by atoms with Gasteiger partial charge in [-0.1, -0.05) is 51.1 Å². The highest BCUT2D eigenvalue weighted by molar-refractivity contribution is 7.13. The van der Waals surface area contributed by atoms with Gasteiger partial charge in [0.25, 0.3) is 0 Å². The number of nitrogens with zero attached hydrogens (tertiary/aromatic N) is 2. The van der Waals surface area contributed by atoms with E-state index in [1.165, 1.54) is 44.2 Å². The van der Waals surface area contributed by atoms with Crippen LogP contribution in [0, 0.1) is 0 Å². The molecule has 0 saturated heterocycles. The van der Waals surface area contributed by atoms with E-state index in [-0.39, 0.29) is 0 Å². The minimum absolute atomic E-state index is 0.585. The Morgan fingerprint density at radius 3 is 2.73 bits per heavy atom. The molecule has 3 nitrogen and oxygen atoms in total. The Morgan fingerprint density at radius 1 is 1.18 bits per heavy atom. The molecule has 1 atom stereocenters. The first-order chi connectivity index (χ1) is 10.7. The normalized spacial score (nSPS) is 12.3. The molecule has 2 aromatic heterocycles. The molecule has 0 amide bonds. The molecule has 1 unspecified atom stereocenters. The van der Waals surface area contributed by atoms with Crippen molar-refractivity contribution in [3.05, 3.63) is 34.4 Å². The number of unbranched alkanes of at least 4 members (excludes halogenated alkanes) is 2. The van der Waals surface area contributed by atoms with E-state index < -0.39 is 0 Å². The second-order valence-corrected chi connectivity index (χ2v) is 6.84. The van der Waals surface area contributed by atoms with Crippen LogP contribution >= 0.6 is 22.9 Å². The first-order valence-electron chi connectivity index (χ1n) is 8.07. The van der Waals surface area contributed by atoms with Gasteiger partial charge in [0.1, 0.15) is 5.82 Å². The largest absolute Gasteiger partial charge is 0.316 e. The van der Waals surface area contributed by atoms with Crippen molar-refractivity contribution in [1.29, 1.82) is 0 Å². The first kappa shape index (κ1) is 17.2. The van der Waals surface area contributed by atoms with Crippen molar-refractivity contribution in [2.75, 3.05) is 5.32 Å². The van der Waals surface area contributed by atoms with E-state index in [0.29, 0.717) is 10.9 Å². The predicted octanol–water partition coefficient (Wildman–Crippen LogP) is 6.40. The second-order valence-electron chi connectivity index (χ2n) is 5.55. The average molecular weight is 338 g/mol. The van der Waals surface area contributed by atoms with Gasteiger partial charge in [-0.3, -0.25) is 0 Å². The van der Waals surface area contributed by atoms with Crippen molar-refractivity contribution >= 4 is 33.9 Å². The van der Waals surface area contributed by atoms with E-state index in [1.807, 2.05) is 12.1 Å². The summed E-state index contributed by atoms with van der Waals surface area (Å²) in [6, 6.07) is 3.70. The smallest absolute Gasteiger partial charge is 0.188 e. The summed E-state index contributed by atoms with van der Waals surface area (Å²) in [5, 5.41) is 6.99. The summed E-state index contributed by atoms with van der Waals surface area (Å²) < 4.78 is 0. The molecule has 0 bridgehead atoms. The molecule has 0 fully saturated rings. The van der Waals surface area contributed by atoms with Crippen LogP contribution in [0.4, 0.5) is 10.9 Å². The molecule has 0 saturated carbocycles. The van der Waals surface area contributed by atoms with Gasteiger partial charge in [0.15, 0.2) is 5.13 Å². The molecule has 0 aliphatic rings. The minimum Gasteiger partial charge on any atom is -0.316 e. The van der Waals surface area contributed by atoms with Crippen LogP contribution in [0.5, 0.6) is 0 Å². The van der Waals surface area contributed by atoms with Crippen molar-refractivity contribution in [3.8, 4) is 0 Å². The maximum absolute atomic E-state index is 5.85. The van der Waals surface area contributed by atoms with Crippen LogP contribution in [-0.2, 0) is 0 Å². The molecule has 0 spiro atoms. The third kappa shape index (κ3) is 5.25. The van der Waals surface area contributed by atoms with Crippen molar-refractivity contribution in [1.82, 2.24) is 9.97 Å². The summed E-state index contributed by atoms with van der Waals surface area (Å²) in [4.78, 5) is 9.01. The molecule has 2 heterocycles. The summed E-state index contributed by atoms with van der Waals surface area (Å²) in [6.45, 7) is 4.49. The Bertz CT molecular complexity index is 553. The fraction of sp³-hybridized carbons (Fsp3) is 0.529.